The van der Waals surface area contributed by atoms with Crippen LogP contribution in [0.3, 0.4) is 0 Å². The topological polar surface area (TPSA) is 70.7 Å². The minimum atomic E-state index is -0.759. The third-order valence-corrected chi connectivity index (χ3v) is 3.00. The Labute approximate surface area is 117 Å². The van der Waals surface area contributed by atoms with Crippen molar-refractivity contribution < 1.29 is 4.79 Å². The molecule has 1 aromatic carbocycles. The van der Waals surface area contributed by atoms with Crippen molar-refractivity contribution in [3.05, 3.63) is 53.9 Å². The third kappa shape index (κ3) is 3.45. The number of nitrogens with one attached hydrogen (secondary N) is 1. The quantitative estimate of drug-likeness (QED) is 0.890. The normalized spacial score (nSPS) is 11.6. The highest BCUT2D eigenvalue weighted by molar-refractivity contribution is 5.86. The van der Waals surface area contributed by atoms with Gasteiger partial charge in [0.1, 0.15) is 5.92 Å². The number of carbonyl (C=O) groups is 1. The molecule has 1 amide bonds. The first-order chi connectivity index (χ1) is 9.70. The Balaban J connectivity index is 1.89. The standard InChI is InChI=1S/C15H16N4O/c1-19-11-12(10-18-19)7-8-17-15(20)14(9-16)13-5-3-2-4-6-13/h2-6,10-11,14H,7-8H2,1H3,(H,17,20). The maximum atomic E-state index is 12.0. The Morgan fingerprint density at radius 3 is 2.80 bits per heavy atom. The minimum Gasteiger partial charge on any atom is -0.354 e. The number of rotatable bonds is 5. The van der Waals surface area contributed by atoms with E-state index in [1.54, 1.807) is 23.0 Å². The summed E-state index contributed by atoms with van der Waals surface area (Å²) in [5.74, 6) is -1.02. The molecule has 1 unspecified atom stereocenters. The van der Waals surface area contributed by atoms with Crippen molar-refractivity contribution in [2.45, 2.75) is 12.3 Å². The summed E-state index contributed by atoms with van der Waals surface area (Å²) in [5, 5.41) is 16.0. The molecule has 2 rings (SSSR count). The van der Waals surface area contributed by atoms with Crippen LogP contribution in [0, 0.1) is 11.3 Å². The van der Waals surface area contributed by atoms with Gasteiger partial charge in [0, 0.05) is 19.8 Å². The van der Waals surface area contributed by atoms with E-state index in [4.69, 9.17) is 5.26 Å². The molecule has 1 aromatic heterocycles. The summed E-state index contributed by atoms with van der Waals surface area (Å²) in [6, 6.07) is 11.1. The van der Waals surface area contributed by atoms with Crippen LogP contribution in [-0.2, 0) is 18.3 Å². The van der Waals surface area contributed by atoms with Crippen molar-refractivity contribution >= 4 is 5.91 Å². The maximum absolute atomic E-state index is 12.0. The zero-order valence-corrected chi connectivity index (χ0v) is 11.3. The lowest BCUT2D eigenvalue weighted by atomic mass is 10.00. The fourth-order valence-corrected chi connectivity index (χ4v) is 1.96. The van der Waals surface area contributed by atoms with Gasteiger partial charge in [-0.05, 0) is 17.5 Å². The lowest BCUT2D eigenvalue weighted by Crippen LogP contribution is -2.30. The van der Waals surface area contributed by atoms with Crippen LogP contribution in [0.15, 0.2) is 42.7 Å². The molecule has 0 bridgehead atoms. The predicted molar refractivity (Wildman–Crippen MR) is 74.7 cm³/mol. The van der Waals surface area contributed by atoms with Crippen LogP contribution in [0.1, 0.15) is 17.0 Å². The fourth-order valence-electron chi connectivity index (χ4n) is 1.96. The molecule has 0 spiro atoms. The first-order valence-electron chi connectivity index (χ1n) is 6.40. The molecule has 0 saturated heterocycles. The molecule has 0 radical (unpaired) electrons. The highest BCUT2D eigenvalue weighted by Gasteiger charge is 2.19. The van der Waals surface area contributed by atoms with Gasteiger partial charge in [-0.3, -0.25) is 9.48 Å². The number of nitriles is 1. The van der Waals surface area contributed by atoms with E-state index in [0.29, 0.717) is 18.5 Å². The van der Waals surface area contributed by atoms with Gasteiger partial charge < -0.3 is 5.32 Å². The number of nitrogens with zero attached hydrogens (tertiary/aromatic N) is 3. The summed E-state index contributed by atoms with van der Waals surface area (Å²) in [5.41, 5.74) is 1.77. The predicted octanol–water partition coefficient (Wildman–Crippen LogP) is 1.39. The van der Waals surface area contributed by atoms with Crippen LogP contribution in [0.25, 0.3) is 0 Å². The smallest absolute Gasteiger partial charge is 0.241 e. The fraction of sp³-hybridized carbons (Fsp3) is 0.267. The van der Waals surface area contributed by atoms with Crippen molar-refractivity contribution in [1.29, 1.82) is 5.26 Å². The number of hydrogen-bond donors (Lipinski definition) is 1. The van der Waals surface area contributed by atoms with E-state index in [2.05, 4.69) is 10.4 Å². The molecule has 2 aromatic rings. The van der Waals surface area contributed by atoms with Gasteiger partial charge in [0.2, 0.25) is 5.91 Å². The minimum absolute atomic E-state index is 0.261. The molecule has 1 atom stereocenters. The molecule has 5 heteroatoms. The Morgan fingerprint density at radius 1 is 1.45 bits per heavy atom. The average molecular weight is 268 g/mol. The van der Waals surface area contributed by atoms with Gasteiger partial charge in [0.15, 0.2) is 0 Å². The van der Waals surface area contributed by atoms with E-state index < -0.39 is 5.92 Å². The molecule has 0 saturated carbocycles. The number of amides is 1. The van der Waals surface area contributed by atoms with Crippen molar-refractivity contribution in [1.82, 2.24) is 15.1 Å². The number of hydrogen-bond acceptors (Lipinski definition) is 3. The lowest BCUT2D eigenvalue weighted by molar-refractivity contribution is -0.121. The first kappa shape index (κ1) is 13.8. The van der Waals surface area contributed by atoms with E-state index in [9.17, 15) is 4.79 Å². The summed E-state index contributed by atoms with van der Waals surface area (Å²) < 4.78 is 1.72. The van der Waals surface area contributed by atoms with E-state index in [-0.39, 0.29) is 5.91 Å². The summed E-state index contributed by atoms with van der Waals surface area (Å²) in [4.78, 5) is 12.0. The van der Waals surface area contributed by atoms with Crippen LogP contribution < -0.4 is 5.32 Å². The number of aromatic nitrogens is 2. The second-order valence-electron chi connectivity index (χ2n) is 4.54. The molecule has 0 aliphatic rings. The number of benzene rings is 1. The number of carbonyl (C=O) groups excluding carboxylic acids is 1. The molecule has 102 valence electrons. The zero-order chi connectivity index (χ0) is 14.4. The Bertz CT molecular complexity index is 612. The van der Waals surface area contributed by atoms with Crippen LogP contribution in [0.4, 0.5) is 0 Å². The maximum Gasteiger partial charge on any atom is 0.241 e. The molecule has 5 nitrogen and oxygen atoms in total. The highest BCUT2D eigenvalue weighted by atomic mass is 16.1. The van der Waals surface area contributed by atoms with Crippen molar-refractivity contribution in [3.8, 4) is 6.07 Å². The molecule has 20 heavy (non-hydrogen) atoms. The van der Waals surface area contributed by atoms with Crippen LogP contribution in [0.2, 0.25) is 0 Å². The van der Waals surface area contributed by atoms with Crippen LogP contribution in [0.5, 0.6) is 0 Å². The Morgan fingerprint density at radius 2 is 2.20 bits per heavy atom. The second-order valence-corrected chi connectivity index (χ2v) is 4.54. The van der Waals surface area contributed by atoms with Crippen molar-refractivity contribution in [3.63, 3.8) is 0 Å². The second kappa shape index (κ2) is 6.53. The van der Waals surface area contributed by atoms with E-state index >= 15 is 0 Å². The van der Waals surface area contributed by atoms with Gasteiger partial charge in [-0.1, -0.05) is 30.3 Å². The molecule has 0 aliphatic heterocycles. The summed E-state index contributed by atoms with van der Waals surface area (Å²) in [6.07, 6.45) is 4.38. The molecule has 0 fully saturated rings. The monoisotopic (exact) mass is 268 g/mol. The average Bonchev–Trinajstić information content (AvgIpc) is 2.86. The molecular formula is C15H16N4O. The molecule has 1 heterocycles. The van der Waals surface area contributed by atoms with E-state index in [1.807, 2.05) is 37.5 Å². The Hall–Kier alpha value is -2.61. The first-order valence-corrected chi connectivity index (χ1v) is 6.40. The van der Waals surface area contributed by atoms with E-state index in [1.165, 1.54) is 0 Å². The largest absolute Gasteiger partial charge is 0.354 e. The van der Waals surface area contributed by atoms with Crippen molar-refractivity contribution in [2.24, 2.45) is 7.05 Å². The Kier molecular flexibility index (Phi) is 4.51. The summed E-state index contributed by atoms with van der Waals surface area (Å²) >= 11 is 0. The van der Waals surface area contributed by atoms with Crippen molar-refractivity contribution in [2.75, 3.05) is 6.54 Å². The lowest BCUT2D eigenvalue weighted by Gasteiger charge is -2.10. The summed E-state index contributed by atoms with van der Waals surface area (Å²) in [6.45, 7) is 0.496. The zero-order valence-electron chi connectivity index (χ0n) is 11.3. The molecule has 0 aliphatic carbocycles. The van der Waals surface area contributed by atoms with Crippen LogP contribution >= 0.6 is 0 Å². The van der Waals surface area contributed by atoms with Gasteiger partial charge in [-0.25, -0.2) is 0 Å². The number of aryl methyl sites for hydroxylation is 1. The van der Waals surface area contributed by atoms with Gasteiger partial charge in [-0.15, -0.1) is 0 Å². The molecule has 1 N–H and O–H groups in total. The van der Waals surface area contributed by atoms with E-state index in [0.717, 1.165) is 5.56 Å². The molecular weight excluding hydrogens is 252 g/mol. The highest BCUT2D eigenvalue weighted by Crippen LogP contribution is 2.14. The SMILES string of the molecule is Cn1cc(CCNC(=O)C(C#N)c2ccccc2)cn1. The third-order valence-electron chi connectivity index (χ3n) is 3.00. The van der Waals surface area contributed by atoms with Crippen LogP contribution in [-0.4, -0.2) is 22.2 Å². The van der Waals surface area contributed by atoms with Gasteiger partial charge in [-0.2, -0.15) is 10.4 Å². The van der Waals surface area contributed by atoms with Gasteiger partial charge in [0.05, 0.1) is 12.3 Å². The van der Waals surface area contributed by atoms with Gasteiger partial charge in [0.25, 0.3) is 0 Å². The summed E-state index contributed by atoms with van der Waals surface area (Å²) in [7, 11) is 1.85. The van der Waals surface area contributed by atoms with Gasteiger partial charge >= 0.3 is 0 Å².